The first-order valence-electron chi connectivity index (χ1n) is 11.5. The Bertz CT molecular complexity index is 1590. The zero-order valence-corrected chi connectivity index (χ0v) is 19.0. The first-order chi connectivity index (χ1) is 17.5. The van der Waals surface area contributed by atoms with E-state index in [1.807, 2.05) is 24.3 Å². The van der Waals surface area contributed by atoms with Crippen LogP contribution >= 0.6 is 0 Å². The highest BCUT2D eigenvalue weighted by atomic mass is 16.5. The van der Waals surface area contributed by atoms with E-state index in [1.54, 1.807) is 36.4 Å². The smallest absolute Gasteiger partial charge is 0.205 e. The lowest BCUT2D eigenvalue weighted by molar-refractivity contribution is -0.0455. The van der Waals surface area contributed by atoms with Gasteiger partial charge in [0.2, 0.25) is 11.8 Å². The van der Waals surface area contributed by atoms with Crippen LogP contribution in [0.15, 0.2) is 60.7 Å². The normalized spacial score (nSPS) is 21.8. The number of hydrogen-bond donors (Lipinski definition) is 3. The van der Waals surface area contributed by atoms with Crippen molar-refractivity contribution in [1.29, 1.82) is 5.26 Å². The molecule has 8 nitrogen and oxygen atoms in total. The maximum Gasteiger partial charge on any atom is 0.205 e. The van der Waals surface area contributed by atoms with Gasteiger partial charge in [-0.2, -0.15) is 5.26 Å². The van der Waals surface area contributed by atoms with Gasteiger partial charge in [0.15, 0.2) is 5.69 Å². The first-order valence-corrected chi connectivity index (χ1v) is 11.5. The third-order valence-electron chi connectivity index (χ3n) is 7.14. The van der Waals surface area contributed by atoms with Crippen molar-refractivity contribution in [3.8, 4) is 29.3 Å². The first kappa shape index (κ1) is 22.0. The summed E-state index contributed by atoms with van der Waals surface area (Å²) in [7, 11) is 0. The van der Waals surface area contributed by atoms with Crippen LogP contribution in [0.5, 0.6) is 17.5 Å². The van der Waals surface area contributed by atoms with E-state index in [1.165, 1.54) is 4.57 Å². The second-order valence-electron chi connectivity index (χ2n) is 9.07. The molecule has 4 aromatic rings. The van der Waals surface area contributed by atoms with E-state index in [9.17, 15) is 20.6 Å². The molecular formula is C28H21N3O5. The average molecular weight is 479 g/mol. The number of rotatable bonds is 5. The minimum Gasteiger partial charge on any atom is -0.494 e. The molecule has 0 spiro atoms. The summed E-state index contributed by atoms with van der Waals surface area (Å²) in [5, 5.41) is 44.3. The molecule has 3 N–H and O–H groups in total. The molecule has 2 bridgehead atoms. The standard InChI is InChI=1S/C28H21N3O5/c1-30-17-7-9-18(10-8-17)35-13-12-28-14-22(32)25(36-28)23-24(28)27(34)31(26(23)33)21-11-6-16(15-29)19-4-2-3-5-20(19)21/h2-11,22,25,32-34H,12-14H2/t22-,25?,28?/m0/s1. The topological polar surface area (TPSA) is 112 Å². The molecule has 0 amide bonds. The maximum absolute atomic E-state index is 11.4. The summed E-state index contributed by atoms with van der Waals surface area (Å²) in [4.78, 5) is 3.37. The van der Waals surface area contributed by atoms with E-state index in [-0.39, 0.29) is 24.8 Å². The zero-order valence-electron chi connectivity index (χ0n) is 19.0. The Kier molecular flexibility index (Phi) is 4.90. The van der Waals surface area contributed by atoms with Crippen molar-refractivity contribution in [3.63, 3.8) is 0 Å². The van der Waals surface area contributed by atoms with Gasteiger partial charge in [0.25, 0.3) is 0 Å². The minimum atomic E-state index is -1.02. The van der Waals surface area contributed by atoms with Crippen molar-refractivity contribution in [1.82, 2.24) is 4.57 Å². The van der Waals surface area contributed by atoms with Crippen LogP contribution in [0.2, 0.25) is 0 Å². The van der Waals surface area contributed by atoms with E-state index in [0.717, 1.165) is 0 Å². The summed E-state index contributed by atoms with van der Waals surface area (Å²) in [6.07, 6.45) is -1.01. The van der Waals surface area contributed by atoms with Gasteiger partial charge < -0.3 is 24.8 Å². The minimum absolute atomic E-state index is 0.159. The molecule has 0 aliphatic carbocycles. The molecule has 178 valence electrons. The van der Waals surface area contributed by atoms with Crippen LogP contribution in [0.1, 0.15) is 35.6 Å². The monoisotopic (exact) mass is 479 g/mol. The van der Waals surface area contributed by atoms with Gasteiger partial charge >= 0.3 is 0 Å². The van der Waals surface area contributed by atoms with Crippen molar-refractivity contribution in [2.75, 3.05) is 6.61 Å². The molecule has 2 aliphatic rings. The van der Waals surface area contributed by atoms with Crippen molar-refractivity contribution in [3.05, 3.63) is 88.8 Å². The molecule has 3 atom stereocenters. The third-order valence-corrected chi connectivity index (χ3v) is 7.14. The highest BCUT2D eigenvalue weighted by Gasteiger charge is 2.59. The van der Waals surface area contributed by atoms with Crippen molar-refractivity contribution in [2.45, 2.75) is 30.7 Å². The molecule has 1 fully saturated rings. The van der Waals surface area contributed by atoms with Gasteiger partial charge in [-0.05, 0) is 24.3 Å². The fourth-order valence-electron chi connectivity index (χ4n) is 5.55. The molecule has 3 aromatic carbocycles. The average Bonchev–Trinajstić information content (AvgIpc) is 3.50. The molecule has 2 unspecified atom stereocenters. The van der Waals surface area contributed by atoms with Gasteiger partial charge in [0, 0.05) is 23.6 Å². The summed E-state index contributed by atoms with van der Waals surface area (Å²) in [6.45, 7) is 7.30. The van der Waals surface area contributed by atoms with Gasteiger partial charge in [0.05, 0.1) is 47.7 Å². The molecule has 2 aliphatic heterocycles. The molecular weight excluding hydrogens is 458 g/mol. The summed E-state index contributed by atoms with van der Waals surface area (Å²) in [6, 6.07) is 19.6. The number of nitrogens with zero attached hydrogens (tertiary/aromatic N) is 3. The molecule has 8 heteroatoms. The number of ether oxygens (including phenoxy) is 2. The fourth-order valence-corrected chi connectivity index (χ4v) is 5.55. The lowest BCUT2D eigenvalue weighted by Gasteiger charge is -2.26. The van der Waals surface area contributed by atoms with Gasteiger partial charge in [-0.25, -0.2) is 4.85 Å². The highest BCUT2D eigenvalue weighted by Crippen LogP contribution is 2.63. The molecule has 1 saturated heterocycles. The highest BCUT2D eigenvalue weighted by molar-refractivity contribution is 5.95. The lowest BCUT2D eigenvalue weighted by Crippen LogP contribution is -2.28. The van der Waals surface area contributed by atoms with Crippen LogP contribution < -0.4 is 4.74 Å². The largest absolute Gasteiger partial charge is 0.494 e. The quantitative estimate of drug-likeness (QED) is 0.349. The van der Waals surface area contributed by atoms with Crippen molar-refractivity contribution < 1.29 is 24.8 Å². The van der Waals surface area contributed by atoms with Crippen LogP contribution in [0.3, 0.4) is 0 Å². The predicted molar refractivity (Wildman–Crippen MR) is 130 cm³/mol. The molecule has 6 rings (SSSR count). The van der Waals surface area contributed by atoms with Crippen LogP contribution in [0, 0.1) is 17.9 Å². The Hall–Kier alpha value is -4.50. The number of fused-ring (bicyclic) bond motifs is 6. The summed E-state index contributed by atoms with van der Waals surface area (Å²) < 4.78 is 13.4. The van der Waals surface area contributed by atoms with E-state index in [0.29, 0.717) is 51.0 Å². The van der Waals surface area contributed by atoms with Gasteiger partial charge in [-0.3, -0.25) is 4.57 Å². The SMILES string of the molecule is [C-]#[N+]c1ccc(OCCC23C[C@H](O)C(O2)c2c3c(O)n(-c3ccc(C#N)c4ccccc34)c2O)cc1. The van der Waals surface area contributed by atoms with Crippen molar-refractivity contribution in [2.24, 2.45) is 0 Å². The van der Waals surface area contributed by atoms with E-state index < -0.39 is 17.8 Å². The summed E-state index contributed by atoms with van der Waals surface area (Å²) in [5.74, 6) is 0.243. The zero-order chi connectivity index (χ0) is 25.0. The maximum atomic E-state index is 11.4. The Morgan fingerprint density at radius 3 is 2.56 bits per heavy atom. The van der Waals surface area contributed by atoms with E-state index in [2.05, 4.69) is 10.9 Å². The van der Waals surface area contributed by atoms with Crippen LogP contribution in [0.25, 0.3) is 21.3 Å². The number of aliphatic hydroxyl groups is 1. The van der Waals surface area contributed by atoms with E-state index in [4.69, 9.17) is 16.0 Å². The van der Waals surface area contributed by atoms with Gasteiger partial charge in [-0.15, -0.1) is 0 Å². The Balaban J connectivity index is 1.39. The van der Waals surface area contributed by atoms with E-state index >= 15 is 0 Å². The van der Waals surface area contributed by atoms with Gasteiger partial charge in [-0.1, -0.05) is 36.4 Å². The molecule has 0 saturated carbocycles. The number of aromatic hydroxyl groups is 2. The molecule has 1 aromatic heterocycles. The van der Waals surface area contributed by atoms with Crippen molar-refractivity contribution >= 4 is 16.5 Å². The summed E-state index contributed by atoms with van der Waals surface area (Å²) in [5.41, 5.74) is 1.34. The number of aromatic nitrogens is 1. The lowest BCUT2D eigenvalue weighted by atomic mass is 9.81. The Labute approximate surface area is 206 Å². The number of aliphatic hydroxyl groups excluding tert-OH is 1. The molecule has 3 heterocycles. The van der Waals surface area contributed by atoms with Crippen LogP contribution in [-0.2, 0) is 10.3 Å². The van der Waals surface area contributed by atoms with Crippen LogP contribution in [0.4, 0.5) is 5.69 Å². The third kappa shape index (κ3) is 3.06. The Morgan fingerprint density at radius 2 is 1.83 bits per heavy atom. The molecule has 0 radical (unpaired) electrons. The molecule has 36 heavy (non-hydrogen) atoms. The number of nitriles is 1. The summed E-state index contributed by atoms with van der Waals surface area (Å²) >= 11 is 0. The second kappa shape index (κ2) is 8.03. The second-order valence-corrected chi connectivity index (χ2v) is 9.07. The van der Waals surface area contributed by atoms with Crippen LogP contribution in [-0.4, -0.2) is 32.6 Å². The number of benzene rings is 3. The number of hydrogen-bond acceptors (Lipinski definition) is 6. The fraction of sp³-hybridized carbons (Fsp3) is 0.214. The van der Waals surface area contributed by atoms with Gasteiger partial charge in [0.1, 0.15) is 17.5 Å². The predicted octanol–water partition coefficient (Wildman–Crippen LogP) is 4.96. The Morgan fingerprint density at radius 1 is 1.08 bits per heavy atom.